The number of aliphatic hydroxyl groups is 1. The van der Waals surface area contributed by atoms with Gasteiger partial charge in [0.05, 0.1) is 0 Å². The number of hydrogen-bond acceptors (Lipinski definition) is 3. The summed E-state index contributed by atoms with van der Waals surface area (Å²) in [6, 6.07) is 7.64. The van der Waals surface area contributed by atoms with Crippen LogP contribution in [0, 0.1) is 0 Å². The fraction of sp³-hybridized carbons (Fsp3) is 0.400. The predicted octanol–water partition coefficient (Wildman–Crippen LogP) is 1.12. The molecule has 0 radical (unpaired) electrons. The number of para-hydroxylation sites is 1. The Hall–Kier alpha value is -1.06. The second-order valence-electron chi connectivity index (χ2n) is 2.86. The summed E-state index contributed by atoms with van der Waals surface area (Å²) in [5.41, 5.74) is 1.05. The van der Waals surface area contributed by atoms with Crippen molar-refractivity contribution in [3.63, 3.8) is 0 Å². The van der Waals surface area contributed by atoms with E-state index in [1.807, 2.05) is 31.3 Å². The molecule has 1 unspecified atom stereocenters. The van der Waals surface area contributed by atoms with Crippen molar-refractivity contribution in [2.24, 2.45) is 0 Å². The number of ether oxygens (including phenoxy) is 1. The van der Waals surface area contributed by atoms with Crippen LogP contribution < -0.4 is 10.1 Å². The highest BCUT2D eigenvalue weighted by Crippen LogP contribution is 2.18. The second-order valence-corrected chi connectivity index (χ2v) is 2.86. The lowest BCUT2D eigenvalue weighted by molar-refractivity contribution is -0.00104. The van der Waals surface area contributed by atoms with Crippen LogP contribution in [-0.4, -0.2) is 18.4 Å². The third-order valence-electron chi connectivity index (χ3n) is 1.64. The molecule has 0 aliphatic heterocycles. The van der Waals surface area contributed by atoms with Crippen LogP contribution in [0.25, 0.3) is 0 Å². The Kier molecular flexibility index (Phi) is 3.73. The largest absolute Gasteiger partial charge is 0.465 e. The molecule has 0 spiro atoms. The first-order valence-electron chi connectivity index (χ1n) is 4.31. The van der Waals surface area contributed by atoms with Crippen molar-refractivity contribution in [3.8, 4) is 5.75 Å². The van der Waals surface area contributed by atoms with Gasteiger partial charge in [-0.25, -0.2) is 0 Å². The Bertz CT molecular complexity index is 261. The lowest BCUT2D eigenvalue weighted by Gasteiger charge is -2.12. The summed E-state index contributed by atoms with van der Waals surface area (Å²) in [6.45, 7) is 2.33. The van der Waals surface area contributed by atoms with Crippen LogP contribution in [0.15, 0.2) is 24.3 Å². The molecule has 1 aromatic carbocycles. The lowest BCUT2D eigenvalue weighted by atomic mass is 10.2. The van der Waals surface area contributed by atoms with Crippen LogP contribution in [0.4, 0.5) is 0 Å². The molecule has 0 heterocycles. The van der Waals surface area contributed by atoms with Crippen molar-refractivity contribution in [1.82, 2.24) is 5.32 Å². The van der Waals surface area contributed by atoms with Gasteiger partial charge in [0.1, 0.15) is 5.75 Å². The van der Waals surface area contributed by atoms with Gasteiger partial charge in [-0.1, -0.05) is 18.2 Å². The van der Waals surface area contributed by atoms with E-state index in [1.54, 1.807) is 6.92 Å². The molecule has 0 saturated heterocycles. The molecule has 1 rings (SSSR count). The smallest absolute Gasteiger partial charge is 0.194 e. The monoisotopic (exact) mass is 181 g/mol. The number of benzene rings is 1. The highest BCUT2D eigenvalue weighted by molar-refractivity contribution is 5.33. The molecule has 2 N–H and O–H groups in total. The molecule has 0 fully saturated rings. The fourth-order valence-electron chi connectivity index (χ4n) is 1.14. The molecule has 72 valence electrons. The van der Waals surface area contributed by atoms with E-state index >= 15 is 0 Å². The van der Waals surface area contributed by atoms with E-state index in [-0.39, 0.29) is 0 Å². The van der Waals surface area contributed by atoms with Gasteiger partial charge in [0, 0.05) is 12.1 Å². The Balaban J connectivity index is 2.78. The minimum atomic E-state index is -0.766. The molecule has 1 atom stereocenters. The number of hydrogen-bond donors (Lipinski definition) is 2. The van der Waals surface area contributed by atoms with Crippen LogP contribution in [-0.2, 0) is 6.54 Å². The van der Waals surface area contributed by atoms with Crippen molar-refractivity contribution in [2.75, 3.05) is 7.05 Å². The Morgan fingerprint density at radius 3 is 2.77 bits per heavy atom. The molecule has 13 heavy (non-hydrogen) atoms. The van der Waals surface area contributed by atoms with Gasteiger partial charge in [-0.3, -0.25) is 0 Å². The molecule has 1 aromatic rings. The zero-order valence-electron chi connectivity index (χ0n) is 7.95. The quantitative estimate of drug-likeness (QED) is 0.684. The maximum absolute atomic E-state index is 9.06. The van der Waals surface area contributed by atoms with E-state index in [1.165, 1.54) is 0 Å². The van der Waals surface area contributed by atoms with E-state index in [0.717, 1.165) is 17.9 Å². The molecular weight excluding hydrogens is 166 g/mol. The van der Waals surface area contributed by atoms with Crippen LogP contribution in [0.1, 0.15) is 12.5 Å². The molecule has 0 aliphatic rings. The molecular formula is C10H15NO2. The average molecular weight is 181 g/mol. The normalized spacial score (nSPS) is 12.5. The topological polar surface area (TPSA) is 41.5 Å². The molecule has 0 bridgehead atoms. The summed E-state index contributed by atoms with van der Waals surface area (Å²) >= 11 is 0. The summed E-state index contributed by atoms with van der Waals surface area (Å²) in [5, 5.41) is 12.1. The predicted molar refractivity (Wildman–Crippen MR) is 51.5 cm³/mol. The summed E-state index contributed by atoms with van der Waals surface area (Å²) in [5.74, 6) is 0.729. The fourth-order valence-corrected chi connectivity index (χ4v) is 1.14. The first kappa shape index (κ1) is 10.0. The van der Waals surface area contributed by atoms with Gasteiger partial charge in [0.2, 0.25) is 0 Å². The molecule has 0 aromatic heterocycles. The Labute approximate surface area is 78.3 Å². The van der Waals surface area contributed by atoms with Crippen molar-refractivity contribution in [2.45, 2.75) is 19.8 Å². The highest BCUT2D eigenvalue weighted by Gasteiger charge is 2.03. The van der Waals surface area contributed by atoms with Gasteiger partial charge in [-0.15, -0.1) is 0 Å². The zero-order valence-corrected chi connectivity index (χ0v) is 7.95. The van der Waals surface area contributed by atoms with E-state index in [9.17, 15) is 0 Å². The third kappa shape index (κ3) is 3.05. The lowest BCUT2D eigenvalue weighted by Crippen LogP contribution is -2.13. The standard InChI is InChI=1S/C10H15NO2/c1-8(12)13-10-6-4-3-5-9(10)7-11-2/h3-6,8,11-12H,7H2,1-2H3. The van der Waals surface area contributed by atoms with Crippen molar-refractivity contribution >= 4 is 0 Å². The van der Waals surface area contributed by atoms with E-state index in [4.69, 9.17) is 9.84 Å². The number of nitrogens with one attached hydrogen (secondary N) is 1. The number of aliphatic hydroxyl groups excluding tert-OH is 1. The van der Waals surface area contributed by atoms with Crippen molar-refractivity contribution in [3.05, 3.63) is 29.8 Å². The Morgan fingerprint density at radius 2 is 2.15 bits per heavy atom. The molecule has 0 aliphatic carbocycles. The number of rotatable bonds is 4. The average Bonchev–Trinajstić information content (AvgIpc) is 2.08. The summed E-state index contributed by atoms with van der Waals surface area (Å²) in [4.78, 5) is 0. The minimum absolute atomic E-state index is 0.729. The van der Waals surface area contributed by atoms with E-state index in [2.05, 4.69) is 5.32 Å². The molecule has 3 nitrogen and oxygen atoms in total. The van der Waals surface area contributed by atoms with Gasteiger partial charge in [-0.2, -0.15) is 0 Å². The zero-order chi connectivity index (χ0) is 9.68. The van der Waals surface area contributed by atoms with Crippen LogP contribution in [0.5, 0.6) is 5.75 Å². The third-order valence-corrected chi connectivity index (χ3v) is 1.64. The van der Waals surface area contributed by atoms with Gasteiger partial charge in [0.15, 0.2) is 6.29 Å². The molecule has 3 heteroatoms. The van der Waals surface area contributed by atoms with E-state index < -0.39 is 6.29 Å². The van der Waals surface area contributed by atoms with Gasteiger partial charge < -0.3 is 15.2 Å². The van der Waals surface area contributed by atoms with E-state index in [0.29, 0.717) is 0 Å². The summed E-state index contributed by atoms with van der Waals surface area (Å²) in [6.07, 6.45) is -0.766. The van der Waals surface area contributed by atoms with Crippen LogP contribution in [0.3, 0.4) is 0 Å². The van der Waals surface area contributed by atoms with Crippen molar-refractivity contribution < 1.29 is 9.84 Å². The molecule has 0 saturated carbocycles. The first-order chi connectivity index (χ1) is 6.24. The highest BCUT2D eigenvalue weighted by atomic mass is 16.6. The maximum Gasteiger partial charge on any atom is 0.194 e. The first-order valence-corrected chi connectivity index (χ1v) is 4.31. The Morgan fingerprint density at radius 1 is 1.46 bits per heavy atom. The second kappa shape index (κ2) is 4.84. The summed E-state index contributed by atoms with van der Waals surface area (Å²) < 4.78 is 5.21. The minimum Gasteiger partial charge on any atom is -0.465 e. The van der Waals surface area contributed by atoms with Crippen molar-refractivity contribution in [1.29, 1.82) is 0 Å². The van der Waals surface area contributed by atoms with Crippen LogP contribution in [0.2, 0.25) is 0 Å². The SMILES string of the molecule is CNCc1ccccc1OC(C)O. The van der Waals surface area contributed by atoms with Gasteiger partial charge in [-0.05, 0) is 20.0 Å². The molecule has 0 amide bonds. The van der Waals surface area contributed by atoms with Crippen LogP contribution >= 0.6 is 0 Å². The van der Waals surface area contributed by atoms with Gasteiger partial charge in [0.25, 0.3) is 0 Å². The maximum atomic E-state index is 9.06. The summed E-state index contributed by atoms with van der Waals surface area (Å²) in [7, 11) is 1.87. The van der Waals surface area contributed by atoms with Gasteiger partial charge >= 0.3 is 0 Å².